The zero-order chi connectivity index (χ0) is 18.3. The fourth-order valence-corrected chi connectivity index (χ4v) is 3.79. The number of hydrogen-bond acceptors (Lipinski definition) is 5. The summed E-state index contributed by atoms with van der Waals surface area (Å²) in [4.78, 5) is 17.4. The minimum Gasteiger partial charge on any atom is -0.494 e. The third kappa shape index (κ3) is 2.89. The largest absolute Gasteiger partial charge is 0.494 e. The van der Waals surface area contributed by atoms with Crippen LogP contribution >= 0.6 is 0 Å². The lowest BCUT2D eigenvalue weighted by atomic mass is 9.81. The first kappa shape index (κ1) is 16.8. The van der Waals surface area contributed by atoms with E-state index in [-0.39, 0.29) is 11.8 Å². The van der Waals surface area contributed by atoms with Crippen molar-refractivity contribution in [1.82, 2.24) is 14.8 Å². The number of carbonyl (C=O) groups is 1. The van der Waals surface area contributed by atoms with Gasteiger partial charge in [0.2, 0.25) is 5.95 Å². The van der Waals surface area contributed by atoms with Crippen molar-refractivity contribution in [3.8, 4) is 5.75 Å². The van der Waals surface area contributed by atoms with Crippen molar-refractivity contribution in [3.63, 3.8) is 0 Å². The van der Waals surface area contributed by atoms with Gasteiger partial charge in [-0.15, -0.1) is 0 Å². The lowest BCUT2D eigenvalue weighted by Gasteiger charge is -2.34. The number of allylic oxidation sites excluding steroid dienone is 2. The van der Waals surface area contributed by atoms with Crippen molar-refractivity contribution < 1.29 is 9.53 Å². The molecular weight excluding hydrogens is 328 g/mol. The van der Waals surface area contributed by atoms with E-state index < -0.39 is 0 Å². The normalized spacial score (nSPS) is 21.9. The summed E-state index contributed by atoms with van der Waals surface area (Å²) in [5.41, 5.74) is 2.84. The van der Waals surface area contributed by atoms with Gasteiger partial charge in [-0.2, -0.15) is 10.1 Å². The third-order valence-electron chi connectivity index (χ3n) is 4.90. The number of aryl methyl sites for hydroxylation is 1. The third-order valence-corrected chi connectivity index (χ3v) is 4.90. The number of ketones is 1. The van der Waals surface area contributed by atoms with Crippen LogP contribution < -0.4 is 10.1 Å². The van der Waals surface area contributed by atoms with Crippen LogP contribution in [0, 0.1) is 12.8 Å². The Morgan fingerprint density at radius 2 is 2.04 bits per heavy atom. The predicted molar refractivity (Wildman–Crippen MR) is 99.2 cm³/mol. The summed E-state index contributed by atoms with van der Waals surface area (Å²) >= 11 is 0. The van der Waals surface area contributed by atoms with Crippen LogP contribution in [0.1, 0.15) is 50.5 Å². The van der Waals surface area contributed by atoms with Gasteiger partial charge in [0.25, 0.3) is 0 Å². The van der Waals surface area contributed by atoms with E-state index in [0.717, 1.165) is 35.4 Å². The number of Topliss-reactive ketones (excluding diaryl/α,β-unsaturated/α-hetero) is 1. The molecule has 1 aliphatic carbocycles. The molecule has 2 atom stereocenters. The van der Waals surface area contributed by atoms with E-state index in [1.54, 1.807) is 0 Å². The second-order valence-corrected chi connectivity index (χ2v) is 7.20. The Hall–Kier alpha value is -2.63. The van der Waals surface area contributed by atoms with Crippen LogP contribution in [-0.2, 0) is 4.79 Å². The number of hydrogen-bond donors (Lipinski definition) is 1. The molecule has 2 heterocycles. The van der Waals surface area contributed by atoms with Gasteiger partial charge < -0.3 is 10.1 Å². The Bertz CT molecular complexity index is 866. The molecule has 1 aromatic heterocycles. The van der Waals surface area contributed by atoms with Gasteiger partial charge in [0.15, 0.2) is 5.78 Å². The molecule has 136 valence electrons. The van der Waals surface area contributed by atoms with Gasteiger partial charge in [0.1, 0.15) is 17.6 Å². The summed E-state index contributed by atoms with van der Waals surface area (Å²) in [6, 6.07) is 7.75. The van der Waals surface area contributed by atoms with E-state index in [1.165, 1.54) is 0 Å². The number of carbonyl (C=O) groups excluding carboxylic acids is 1. The molecule has 0 amide bonds. The maximum absolute atomic E-state index is 12.9. The lowest BCUT2D eigenvalue weighted by Crippen LogP contribution is -2.33. The van der Waals surface area contributed by atoms with E-state index in [9.17, 15) is 4.79 Å². The number of benzene rings is 1. The van der Waals surface area contributed by atoms with E-state index in [4.69, 9.17) is 4.74 Å². The van der Waals surface area contributed by atoms with Crippen LogP contribution in [0.3, 0.4) is 0 Å². The van der Waals surface area contributed by atoms with Crippen molar-refractivity contribution in [2.75, 3.05) is 11.9 Å². The van der Waals surface area contributed by atoms with Crippen LogP contribution in [0.5, 0.6) is 5.75 Å². The van der Waals surface area contributed by atoms with E-state index in [1.807, 2.05) is 35.9 Å². The number of anilines is 1. The molecule has 1 aromatic carbocycles. The highest BCUT2D eigenvalue weighted by Gasteiger charge is 2.38. The Morgan fingerprint density at radius 1 is 1.27 bits per heavy atom. The summed E-state index contributed by atoms with van der Waals surface area (Å²) in [7, 11) is 0. The average molecular weight is 352 g/mol. The van der Waals surface area contributed by atoms with Crippen LogP contribution in [0.15, 0.2) is 35.5 Å². The second kappa shape index (κ2) is 6.59. The molecular formula is C20H24N4O2. The van der Waals surface area contributed by atoms with Crippen molar-refractivity contribution in [2.45, 2.75) is 46.1 Å². The summed E-state index contributed by atoms with van der Waals surface area (Å²) < 4.78 is 7.52. The first-order valence-electron chi connectivity index (χ1n) is 9.26. The zero-order valence-electron chi connectivity index (χ0n) is 15.5. The van der Waals surface area contributed by atoms with Gasteiger partial charge >= 0.3 is 0 Å². The minimum atomic E-state index is -0.234. The van der Waals surface area contributed by atoms with Crippen LogP contribution in [0.4, 0.5) is 5.95 Å². The summed E-state index contributed by atoms with van der Waals surface area (Å²) in [6.45, 7) is 6.77. The highest BCUT2D eigenvalue weighted by Crippen LogP contribution is 2.41. The molecule has 0 saturated heterocycles. The van der Waals surface area contributed by atoms with E-state index in [2.05, 4.69) is 29.2 Å². The standard InChI is InChI=1S/C20H24N4O2/c1-4-9-26-15-7-5-14(6-8-15)19-18-16(10-12(2)11-17(18)25)22-20-21-13(3)23-24(19)20/h5-8,12,19H,4,9-11H2,1-3H3,(H,21,22,23). The number of ether oxygens (including phenoxy) is 1. The molecule has 2 unspecified atom stereocenters. The topological polar surface area (TPSA) is 69.0 Å². The number of nitrogens with one attached hydrogen (secondary N) is 1. The summed E-state index contributed by atoms with van der Waals surface area (Å²) in [5, 5.41) is 7.89. The van der Waals surface area contributed by atoms with Gasteiger partial charge in [0, 0.05) is 17.7 Å². The molecule has 2 aliphatic rings. The fourth-order valence-electron chi connectivity index (χ4n) is 3.79. The SMILES string of the molecule is CCCOc1ccc(C2C3=C(CC(C)CC3=O)Nc3nc(C)nn32)cc1. The molecule has 4 rings (SSSR count). The highest BCUT2D eigenvalue weighted by molar-refractivity contribution is 5.99. The minimum absolute atomic E-state index is 0.196. The van der Waals surface area contributed by atoms with Crippen molar-refractivity contribution >= 4 is 11.7 Å². The first-order valence-corrected chi connectivity index (χ1v) is 9.26. The predicted octanol–water partition coefficient (Wildman–Crippen LogP) is 3.64. The van der Waals surface area contributed by atoms with E-state index >= 15 is 0 Å². The number of aromatic nitrogens is 3. The van der Waals surface area contributed by atoms with Crippen LogP contribution in [-0.4, -0.2) is 27.2 Å². The summed E-state index contributed by atoms with van der Waals surface area (Å²) in [5.74, 6) is 2.79. The van der Waals surface area contributed by atoms with Crippen molar-refractivity contribution in [3.05, 3.63) is 46.9 Å². The maximum atomic E-state index is 12.9. The Balaban J connectivity index is 1.77. The molecule has 0 bridgehead atoms. The van der Waals surface area contributed by atoms with Crippen molar-refractivity contribution in [1.29, 1.82) is 0 Å². The zero-order valence-corrected chi connectivity index (χ0v) is 15.5. The van der Waals surface area contributed by atoms with E-state index in [0.29, 0.717) is 30.7 Å². The summed E-state index contributed by atoms with van der Waals surface area (Å²) in [6.07, 6.45) is 2.42. The van der Waals surface area contributed by atoms with Gasteiger partial charge in [-0.1, -0.05) is 26.0 Å². The molecule has 0 fully saturated rings. The Morgan fingerprint density at radius 3 is 2.77 bits per heavy atom. The Kier molecular flexibility index (Phi) is 4.26. The number of rotatable bonds is 4. The monoisotopic (exact) mass is 352 g/mol. The van der Waals surface area contributed by atoms with Crippen LogP contribution in [0.25, 0.3) is 0 Å². The van der Waals surface area contributed by atoms with Gasteiger partial charge in [-0.3, -0.25) is 4.79 Å². The van der Waals surface area contributed by atoms with Crippen molar-refractivity contribution in [2.24, 2.45) is 5.92 Å². The molecule has 0 spiro atoms. The molecule has 2 aromatic rings. The molecule has 0 radical (unpaired) electrons. The quantitative estimate of drug-likeness (QED) is 0.910. The first-order chi connectivity index (χ1) is 12.6. The molecule has 6 heteroatoms. The second-order valence-electron chi connectivity index (χ2n) is 7.20. The fraction of sp³-hybridized carbons (Fsp3) is 0.450. The molecule has 1 aliphatic heterocycles. The lowest BCUT2D eigenvalue weighted by molar-refractivity contribution is -0.117. The molecule has 1 N–H and O–H groups in total. The Labute approximate surface area is 153 Å². The van der Waals surface area contributed by atoms with Gasteiger partial charge in [0.05, 0.1) is 6.61 Å². The molecule has 26 heavy (non-hydrogen) atoms. The number of fused-ring (bicyclic) bond motifs is 1. The number of nitrogens with zero attached hydrogens (tertiary/aromatic N) is 3. The maximum Gasteiger partial charge on any atom is 0.226 e. The molecule has 6 nitrogen and oxygen atoms in total. The van der Waals surface area contributed by atoms with Gasteiger partial charge in [-0.05, 0) is 43.4 Å². The van der Waals surface area contributed by atoms with Gasteiger partial charge in [-0.25, -0.2) is 4.68 Å². The van der Waals surface area contributed by atoms with Crippen LogP contribution in [0.2, 0.25) is 0 Å². The average Bonchev–Trinajstić information content (AvgIpc) is 2.98. The highest BCUT2D eigenvalue weighted by atomic mass is 16.5. The smallest absolute Gasteiger partial charge is 0.226 e. The molecule has 0 saturated carbocycles.